The maximum atomic E-state index is 11.2. The second-order valence-corrected chi connectivity index (χ2v) is 4.23. The van der Waals surface area contributed by atoms with Gasteiger partial charge in [-0.15, -0.1) is 0 Å². The second-order valence-electron chi connectivity index (χ2n) is 4.23. The molecule has 1 aromatic carbocycles. The summed E-state index contributed by atoms with van der Waals surface area (Å²) in [5.74, 6) is 0.326. The highest BCUT2D eigenvalue weighted by Gasteiger charge is 2.23. The molecule has 21 heavy (non-hydrogen) atoms. The number of carbonyl (C=O) groups excluding carboxylic acids is 1. The zero-order valence-corrected chi connectivity index (χ0v) is 11.3. The van der Waals surface area contributed by atoms with Gasteiger partial charge in [0.1, 0.15) is 6.42 Å². The number of carbonyl (C=O) groups is 1. The van der Waals surface area contributed by atoms with Crippen LogP contribution >= 0.6 is 0 Å². The van der Waals surface area contributed by atoms with E-state index in [0.717, 1.165) is 0 Å². The number of nitrogens with one attached hydrogen (secondary N) is 1. The Bertz CT molecular complexity index is 763. The van der Waals surface area contributed by atoms with Gasteiger partial charge < -0.3 is 18.3 Å². The van der Waals surface area contributed by atoms with E-state index in [1.54, 1.807) is 6.07 Å². The third-order valence-electron chi connectivity index (χ3n) is 3.05. The van der Waals surface area contributed by atoms with Crippen molar-refractivity contribution >= 4 is 28.0 Å². The molecule has 1 amide bonds. The van der Waals surface area contributed by atoms with Gasteiger partial charge in [0, 0.05) is 0 Å². The van der Waals surface area contributed by atoms with E-state index in [-0.39, 0.29) is 12.3 Å². The summed E-state index contributed by atoms with van der Waals surface area (Å²) < 4.78 is 21.6. The normalized spacial score (nSPS) is 11.0. The fraction of sp³-hybridized carbons (Fsp3) is 0.231. The molecule has 8 nitrogen and oxygen atoms in total. The van der Waals surface area contributed by atoms with Crippen LogP contribution in [0.5, 0.6) is 11.5 Å². The second kappa shape index (κ2) is 4.98. The molecule has 2 aromatic heterocycles. The van der Waals surface area contributed by atoms with Crippen LogP contribution in [-0.4, -0.2) is 30.3 Å². The van der Waals surface area contributed by atoms with E-state index >= 15 is 0 Å². The van der Waals surface area contributed by atoms with Crippen LogP contribution in [0.4, 0.5) is 0 Å². The molecule has 0 aliphatic rings. The number of aromatic nitrogens is 1. The van der Waals surface area contributed by atoms with Gasteiger partial charge >= 0.3 is 0 Å². The van der Waals surface area contributed by atoms with Crippen molar-refractivity contribution < 1.29 is 28.3 Å². The highest BCUT2D eigenvalue weighted by atomic mass is 16.5. The van der Waals surface area contributed by atoms with E-state index in [1.165, 1.54) is 26.0 Å². The zero-order chi connectivity index (χ0) is 15.0. The van der Waals surface area contributed by atoms with Gasteiger partial charge in [0.25, 0.3) is 5.91 Å². The van der Waals surface area contributed by atoms with E-state index in [0.29, 0.717) is 33.6 Å². The maximum absolute atomic E-state index is 11.2. The summed E-state index contributed by atoms with van der Waals surface area (Å²) in [7, 11) is 2.98. The molecule has 0 spiro atoms. The number of amides is 1. The molecule has 0 atom stereocenters. The van der Waals surface area contributed by atoms with Gasteiger partial charge in [0.15, 0.2) is 16.8 Å². The van der Waals surface area contributed by atoms with Crippen molar-refractivity contribution in [2.75, 3.05) is 14.2 Å². The number of hydrogen-bond donors (Lipinski definition) is 2. The van der Waals surface area contributed by atoms with Gasteiger partial charge in [0.2, 0.25) is 17.2 Å². The van der Waals surface area contributed by atoms with Gasteiger partial charge in [-0.1, -0.05) is 0 Å². The molecule has 110 valence electrons. The number of hydrogen-bond acceptors (Lipinski definition) is 7. The number of benzene rings is 1. The summed E-state index contributed by atoms with van der Waals surface area (Å²) >= 11 is 0. The van der Waals surface area contributed by atoms with Crippen molar-refractivity contribution in [3.05, 3.63) is 18.2 Å². The molecule has 0 radical (unpaired) electrons. The standard InChI is InChI=1S/C13H12N2O6/c1-18-10-6-3-4-20-11(6)13(19-2)12-9(10)14-8(21-12)5-7(16)15-17/h3-4,17H,5H2,1-2H3,(H,15,16). The zero-order valence-electron chi connectivity index (χ0n) is 11.3. The number of fused-ring (bicyclic) bond motifs is 2. The lowest BCUT2D eigenvalue weighted by Crippen LogP contribution is -2.20. The SMILES string of the molecule is COc1c2ccoc2c(OC)c2oc(CC(=O)NO)nc12. The average molecular weight is 292 g/mol. The first-order chi connectivity index (χ1) is 10.2. The average Bonchev–Trinajstić information content (AvgIpc) is 3.10. The molecule has 2 heterocycles. The number of furan rings is 1. The predicted octanol–water partition coefficient (Wildman–Crippen LogP) is 1.64. The lowest BCUT2D eigenvalue weighted by molar-refractivity contribution is -0.128. The third kappa shape index (κ3) is 1.96. The van der Waals surface area contributed by atoms with Crippen molar-refractivity contribution in [2.45, 2.75) is 6.42 Å². The maximum Gasteiger partial charge on any atom is 0.252 e. The quantitative estimate of drug-likeness (QED) is 0.556. The van der Waals surface area contributed by atoms with Gasteiger partial charge in [-0.2, -0.15) is 0 Å². The molecule has 0 saturated heterocycles. The number of rotatable bonds is 4. The summed E-state index contributed by atoms with van der Waals surface area (Å²) in [6, 6.07) is 1.73. The van der Waals surface area contributed by atoms with Crippen LogP contribution < -0.4 is 15.0 Å². The summed E-state index contributed by atoms with van der Waals surface area (Å²) in [6.45, 7) is 0. The van der Waals surface area contributed by atoms with E-state index in [2.05, 4.69) is 4.98 Å². The Kier molecular flexibility index (Phi) is 3.15. The number of ether oxygens (including phenoxy) is 2. The van der Waals surface area contributed by atoms with Crippen LogP contribution in [0.15, 0.2) is 21.2 Å². The van der Waals surface area contributed by atoms with Crippen LogP contribution in [0.1, 0.15) is 5.89 Å². The summed E-state index contributed by atoms with van der Waals surface area (Å²) in [5, 5.41) is 9.25. The highest BCUT2D eigenvalue weighted by Crippen LogP contribution is 2.43. The van der Waals surface area contributed by atoms with Gasteiger partial charge in [-0.05, 0) is 6.07 Å². The lowest BCUT2D eigenvalue weighted by atomic mass is 10.2. The molecular formula is C13H12N2O6. The van der Waals surface area contributed by atoms with E-state index in [9.17, 15) is 4.79 Å². The topological polar surface area (TPSA) is 107 Å². The van der Waals surface area contributed by atoms with Crippen LogP contribution in [0, 0.1) is 0 Å². The first-order valence-corrected chi connectivity index (χ1v) is 6.03. The summed E-state index contributed by atoms with van der Waals surface area (Å²) in [5.41, 5.74) is 2.73. The summed E-state index contributed by atoms with van der Waals surface area (Å²) in [4.78, 5) is 15.4. The van der Waals surface area contributed by atoms with Crippen LogP contribution in [-0.2, 0) is 11.2 Å². The van der Waals surface area contributed by atoms with Gasteiger partial charge in [-0.25, -0.2) is 10.5 Å². The molecule has 3 rings (SSSR count). The molecule has 0 fully saturated rings. The smallest absolute Gasteiger partial charge is 0.252 e. The number of nitrogens with zero attached hydrogens (tertiary/aromatic N) is 1. The Labute approximate surface area is 118 Å². The molecule has 2 N–H and O–H groups in total. The minimum Gasteiger partial charge on any atom is -0.494 e. The minimum absolute atomic E-state index is 0.126. The first kappa shape index (κ1) is 13.3. The fourth-order valence-electron chi connectivity index (χ4n) is 2.21. The fourth-order valence-corrected chi connectivity index (χ4v) is 2.21. The van der Waals surface area contributed by atoms with Crippen molar-refractivity contribution in [1.82, 2.24) is 10.5 Å². The Morgan fingerprint density at radius 1 is 1.33 bits per heavy atom. The molecular weight excluding hydrogens is 280 g/mol. The molecule has 0 bridgehead atoms. The third-order valence-corrected chi connectivity index (χ3v) is 3.05. The number of oxazole rings is 1. The van der Waals surface area contributed by atoms with Crippen molar-refractivity contribution in [3.8, 4) is 11.5 Å². The molecule has 8 heteroatoms. The van der Waals surface area contributed by atoms with Crippen molar-refractivity contribution in [2.24, 2.45) is 0 Å². The summed E-state index contributed by atoms with van der Waals surface area (Å²) in [6.07, 6.45) is 1.30. The highest BCUT2D eigenvalue weighted by molar-refractivity contribution is 6.05. The Morgan fingerprint density at radius 2 is 2.10 bits per heavy atom. The Hall–Kier alpha value is -2.74. The minimum atomic E-state index is -0.636. The van der Waals surface area contributed by atoms with Gasteiger partial charge in [-0.3, -0.25) is 10.0 Å². The molecule has 0 unspecified atom stereocenters. The van der Waals surface area contributed by atoms with Crippen molar-refractivity contribution in [3.63, 3.8) is 0 Å². The van der Waals surface area contributed by atoms with E-state index in [4.69, 9.17) is 23.5 Å². The van der Waals surface area contributed by atoms with Crippen LogP contribution in [0.2, 0.25) is 0 Å². The van der Waals surface area contributed by atoms with E-state index < -0.39 is 5.91 Å². The van der Waals surface area contributed by atoms with Crippen molar-refractivity contribution in [1.29, 1.82) is 0 Å². The largest absolute Gasteiger partial charge is 0.494 e. The monoisotopic (exact) mass is 292 g/mol. The van der Waals surface area contributed by atoms with Gasteiger partial charge in [0.05, 0.1) is 25.9 Å². The molecule has 0 aliphatic carbocycles. The van der Waals surface area contributed by atoms with Crippen LogP contribution in [0.25, 0.3) is 22.1 Å². The van der Waals surface area contributed by atoms with E-state index in [1.807, 2.05) is 0 Å². The first-order valence-electron chi connectivity index (χ1n) is 6.03. The Morgan fingerprint density at radius 3 is 2.76 bits per heavy atom. The molecule has 0 saturated carbocycles. The molecule has 3 aromatic rings. The number of methoxy groups -OCH3 is 2. The number of hydroxylamine groups is 1. The lowest BCUT2D eigenvalue weighted by Gasteiger charge is -2.05. The van der Waals surface area contributed by atoms with Crippen LogP contribution in [0.3, 0.4) is 0 Å². The molecule has 0 aliphatic heterocycles. The Balaban J connectivity index is 2.29. The predicted molar refractivity (Wildman–Crippen MR) is 70.5 cm³/mol.